The summed E-state index contributed by atoms with van der Waals surface area (Å²) in [5.41, 5.74) is 5.08. The molecule has 1 aliphatic rings. The van der Waals surface area contributed by atoms with E-state index in [9.17, 15) is 22.4 Å². The molecule has 178 valence electrons. The van der Waals surface area contributed by atoms with E-state index in [0.717, 1.165) is 5.56 Å². The Bertz CT molecular complexity index is 1090. The lowest BCUT2D eigenvalue weighted by atomic mass is 9.97. The van der Waals surface area contributed by atoms with Crippen LogP contribution in [0.1, 0.15) is 12.0 Å². The van der Waals surface area contributed by atoms with Gasteiger partial charge in [0.05, 0.1) is 31.0 Å². The summed E-state index contributed by atoms with van der Waals surface area (Å²) >= 11 is 0. The van der Waals surface area contributed by atoms with Gasteiger partial charge in [0.1, 0.15) is 23.8 Å². The SMILES string of the molecule is Cc1ccc(S(=O)(=O)NCC(=O)N2CCO[C@](COc3ccc(F)cc3)(CC(N)=O)C2)cc1. The van der Waals surface area contributed by atoms with E-state index in [4.69, 9.17) is 15.2 Å². The molecule has 0 spiro atoms. The number of hydrogen-bond donors (Lipinski definition) is 2. The van der Waals surface area contributed by atoms with Crippen molar-refractivity contribution in [3.8, 4) is 5.75 Å². The third-order valence-corrected chi connectivity index (χ3v) is 6.57. The fourth-order valence-electron chi connectivity index (χ4n) is 3.44. The van der Waals surface area contributed by atoms with Crippen molar-refractivity contribution in [1.82, 2.24) is 9.62 Å². The highest BCUT2D eigenvalue weighted by atomic mass is 32.2. The molecule has 33 heavy (non-hydrogen) atoms. The number of hydrogen-bond acceptors (Lipinski definition) is 6. The maximum atomic E-state index is 13.1. The van der Waals surface area contributed by atoms with Crippen LogP contribution in [0, 0.1) is 12.7 Å². The standard InChI is InChI=1S/C22H26FN3O6S/c1-16-2-8-19(9-3-16)33(29,30)25-13-21(28)26-10-11-32-22(14-26,12-20(24)27)15-31-18-6-4-17(23)5-7-18/h2-9,25H,10-15H2,1H3,(H2,24,27)/t22-/m1/s1. The first-order valence-electron chi connectivity index (χ1n) is 10.2. The van der Waals surface area contributed by atoms with Crippen LogP contribution in [-0.2, 0) is 24.3 Å². The van der Waals surface area contributed by atoms with Crippen LogP contribution in [0.4, 0.5) is 4.39 Å². The number of halogens is 1. The van der Waals surface area contributed by atoms with Crippen molar-refractivity contribution < 1.29 is 31.9 Å². The second-order valence-corrected chi connectivity index (χ2v) is 9.64. The van der Waals surface area contributed by atoms with Gasteiger partial charge in [-0.3, -0.25) is 9.59 Å². The van der Waals surface area contributed by atoms with E-state index in [1.165, 1.54) is 41.3 Å². The molecule has 0 saturated carbocycles. The van der Waals surface area contributed by atoms with Gasteiger partial charge in [-0.15, -0.1) is 0 Å². The van der Waals surface area contributed by atoms with Gasteiger partial charge in [0, 0.05) is 6.54 Å². The number of amides is 2. The van der Waals surface area contributed by atoms with Crippen molar-refractivity contribution in [2.24, 2.45) is 5.73 Å². The van der Waals surface area contributed by atoms with E-state index < -0.39 is 39.8 Å². The smallest absolute Gasteiger partial charge is 0.241 e. The molecule has 1 saturated heterocycles. The first kappa shape index (κ1) is 24.6. The maximum absolute atomic E-state index is 13.1. The van der Waals surface area contributed by atoms with Gasteiger partial charge in [-0.2, -0.15) is 0 Å². The Kier molecular flexibility index (Phi) is 7.67. The number of carbonyl (C=O) groups excluding carboxylic acids is 2. The molecule has 0 bridgehead atoms. The average Bonchev–Trinajstić information content (AvgIpc) is 2.77. The summed E-state index contributed by atoms with van der Waals surface area (Å²) in [5.74, 6) is -1.19. The van der Waals surface area contributed by atoms with Crippen LogP contribution in [0.25, 0.3) is 0 Å². The minimum absolute atomic E-state index is 0.0256. The zero-order valence-corrected chi connectivity index (χ0v) is 18.9. The zero-order chi connectivity index (χ0) is 24.1. The van der Waals surface area contributed by atoms with Gasteiger partial charge in [0.25, 0.3) is 0 Å². The highest BCUT2D eigenvalue weighted by Gasteiger charge is 2.41. The summed E-state index contributed by atoms with van der Waals surface area (Å²) in [6.45, 7) is 1.56. The second kappa shape index (κ2) is 10.3. The van der Waals surface area contributed by atoms with Crippen LogP contribution in [0.3, 0.4) is 0 Å². The Morgan fingerprint density at radius 1 is 1.18 bits per heavy atom. The molecule has 0 radical (unpaired) electrons. The molecule has 1 fully saturated rings. The molecule has 1 atom stereocenters. The molecule has 0 aromatic heterocycles. The number of nitrogens with two attached hydrogens (primary N) is 1. The van der Waals surface area contributed by atoms with Crippen LogP contribution in [0.2, 0.25) is 0 Å². The van der Waals surface area contributed by atoms with E-state index in [1.54, 1.807) is 12.1 Å². The largest absolute Gasteiger partial charge is 0.490 e. The quantitative estimate of drug-likeness (QED) is 0.552. The Morgan fingerprint density at radius 2 is 1.85 bits per heavy atom. The average molecular weight is 480 g/mol. The Morgan fingerprint density at radius 3 is 2.48 bits per heavy atom. The van der Waals surface area contributed by atoms with Crippen molar-refractivity contribution in [3.05, 3.63) is 59.9 Å². The number of benzene rings is 2. The van der Waals surface area contributed by atoms with E-state index >= 15 is 0 Å². The predicted octanol–water partition coefficient (Wildman–Crippen LogP) is 0.964. The highest BCUT2D eigenvalue weighted by molar-refractivity contribution is 7.89. The number of primary amides is 1. The first-order valence-corrected chi connectivity index (χ1v) is 11.7. The molecular formula is C22H26FN3O6S. The number of aryl methyl sites for hydroxylation is 1. The van der Waals surface area contributed by atoms with Gasteiger partial charge in [0.2, 0.25) is 21.8 Å². The Labute approximate surface area is 191 Å². The number of morpholine rings is 1. The molecule has 0 aliphatic carbocycles. The van der Waals surface area contributed by atoms with Crippen molar-refractivity contribution in [3.63, 3.8) is 0 Å². The number of nitrogens with zero attached hydrogens (tertiary/aromatic N) is 1. The number of carbonyl (C=O) groups is 2. The van der Waals surface area contributed by atoms with Crippen molar-refractivity contribution >= 4 is 21.8 Å². The lowest BCUT2D eigenvalue weighted by Gasteiger charge is -2.42. The lowest BCUT2D eigenvalue weighted by Crippen LogP contribution is -2.59. The summed E-state index contributed by atoms with van der Waals surface area (Å²) in [6.07, 6.45) is -0.215. The molecule has 2 amide bonds. The summed E-state index contributed by atoms with van der Waals surface area (Å²) < 4.78 is 51.8. The molecule has 2 aromatic rings. The monoisotopic (exact) mass is 479 g/mol. The fourth-order valence-corrected chi connectivity index (χ4v) is 4.41. The predicted molar refractivity (Wildman–Crippen MR) is 117 cm³/mol. The zero-order valence-electron chi connectivity index (χ0n) is 18.1. The summed E-state index contributed by atoms with van der Waals surface area (Å²) in [6, 6.07) is 11.6. The van der Waals surface area contributed by atoms with Gasteiger partial charge < -0.3 is 20.1 Å². The molecule has 2 aromatic carbocycles. The Hall–Kier alpha value is -3.02. The molecule has 0 unspecified atom stereocenters. The van der Waals surface area contributed by atoms with E-state index in [0.29, 0.717) is 5.75 Å². The molecule has 9 nitrogen and oxygen atoms in total. The van der Waals surface area contributed by atoms with Gasteiger partial charge in [-0.25, -0.2) is 17.5 Å². The normalized spacial score (nSPS) is 18.7. The van der Waals surface area contributed by atoms with Gasteiger partial charge in [-0.05, 0) is 43.3 Å². The molecule has 3 N–H and O–H groups in total. The summed E-state index contributed by atoms with van der Waals surface area (Å²) in [4.78, 5) is 25.9. The van der Waals surface area contributed by atoms with Crippen LogP contribution in [0.15, 0.2) is 53.4 Å². The summed E-state index contributed by atoms with van der Waals surface area (Å²) in [5, 5.41) is 0. The van der Waals surface area contributed by atoms with Crippen molar-refractivity contribution in [2.75, 3.05) is 32.8 Å². The van der Waals surface area contributed by atoms with E-state index in [2.05, 4.69) is 4.72 Å². The van der Waals surface area contributed by atoms with Gasteiger partial charge >= 0.3 is 0 Å². The third kappa shape index (κ3) is 6.73. The number of rotatable bonds is 9. The van der Waals surface area contributed by atoms with Crippen LogP contribution in [-0.4, -0.2) is 63.6 Å². The van der Waals surface area contributed by atoms with E-state index in [1.807, 2.05) is 6.92 Å². The minimum Gasteiger partial charge on any atom is -0.490 e. The maximum Gasteiger partial charge on any atom is 0.241 e. The van der Waals surface area contributed by atoms with Gasteiger partial charge in [-0.1, -0.05) is 17.7 Å². The molecular weight excluding hydrogens is 453 g/mol. The molecule has 1 heterocycles. The summed E-state index contributed by atoms with van der Waals surface area (Å²) in [7, 11) is -3.87. The highest BCUT2D eigenvalue weighted by Crippen LogP contribution is 2.24. The fraction of sp³-hybridized carbons (Fsp3) is 0.364. The van der Waals surface area contributed by atoms with Gasteiger partial charge in [0.15, 0.2) is 0 Å². The number of ether oxygens (including phenoxy) is 2. The minimum atomic E-state index is -3.87. The van der Waals surface area contributed by atoms with Crippen LogP contribution < -0.4 is 15.2 Å². The lowest BCUT2D eigenvalue weighted by molar-refractivity contribution is -0.161. The first-order chi connectivity index (χ1) is 15.6. The topological polar surface area (TPSA) is 128 Å². The Balaban J connectivity index is 1.65. The molecule has 1 aliphatic heterocycles. The van der Waals surface area contributed by atoms with E-state index in [-0.39, 0.29) is 37.6 Å². The molecule has 11 heteroatoms. The number of nitrogens with one attached hydrogen (secondary N) is 1. The second-order valence-electron chi connectivity index (χ2n) is 7.87. The van der Waals surface area contributed by atoms with Crippen molar-refractivity contribution in [1.29, 1.82) is 0 Å². The van der Waals surface area contributed by atoms with Crippen LogP contribution >= 0.6 is 0 Å². The molecule has 3 rings (SSSR count). The van der Waals surface area contributed by atoms with Crippen molar-refractivity contribution in [2.45, 2.75) is 23.8 Å². The number of sulfonamides is 1. The van der Waals surface area contributed by atoms with Crippen LogP contribution in [0.5, 0.6) is 5.75 Å². The third-order valence-electron chi connectivity index (χ3n) is 5.16.